The zero-order chi connectivity index (χ0) is 25.6. The third-order valence-electron chi connectivity index (χ3n) is 7.43. The van der Waals surface area contributed by atoms with Crippen LogP contribution in [0.5, 0.6) is 0 Å². The van der Waals surface area contributed by atoms with E-state index in [9.17, 15) is 22.8 Å². The number of benzene rings is 1. The summed E-state index contributed by atoms with van der Waals surface area (Å²) in [6.07, 6.45) is 1.54. The van der Waals surface area contributed by atoms with Gasteiger partial charge in [0, 0.05) is 40.5 Å². The fraction of sp³-hybridized carbons (Fsp3) is 0.462. The van der Waals surface area contributed by atoms with E-state index in [4.69, 9.17) is 0 Å². The van der Waals surface area contributed by atoms with E-state index >= 15 is 0 Å². The van der Waals surface area contributed by atoms with Crippen molar-refractivity contribution < 1.29 is 22.8 Å². The average Bonchev–Trinajstić information content (AvgIpc) is 3.35. The molecule has 2 saturated heterocycles. The third kappa shape index (κ3) is 4.72. The molecule has 3 aliphatic rings. The number of anilines is 1. The molecular formula is C26H28BrF3N4O2. The maximum absolute atomic E-state index is 14.4. The molecule has 2 N–H and O–H groups in total. The number of alkyl halides is 3. The van der Waals surface area contributed by atoms with Crippen molar-refractivity contribution in [1.29, 1.82) is 0 Å². The zero-order valence-corrected chi connectivity index (χ0v) is 21.6. The molecule has 0 aliphatic carbocycles. The van der Waals surface area contributed by atoms with Gasteiger partial charge in [-0.2, -0.15) is 13.2 Å². The van der Waals surface area contributed by atoms with Gasteiger partial charge in [0.15, 0.2) is 0 Å². The summed E-state index contributed by atoms with van der Waals surface area (Å²) in [7, 11) is 0. The van der Waals surface area contributed by atoms with Crippen molar-refractivity contribution in [1.82, 2.24) is 14.8 Å². The second-order valence-electron chi connectivity index (χ2n) is 9.73. The topological polar surface area (TPSA) is 68.4 Å². The van der Waals surface area contributed by atoms with Crippen molar-refractivity contribution >= 4 is 45.1 Å². The highest BCUT2D eigenvalue weighted by molar-refractivity contribution is 9.10. The first-order chi connectivity index (χ1) is 17.1. The highest BCUT2D eigenvalue weighted by Gasteiger charge is 2.42. The number of piperidine rings is 2. The molecule has 2 amide bonds. The number of fused-ring (bicyclic) bond motifs is 1. The first-order valence-corrected chi connectivity index (χ1v) is 13.1. The third-order valence-corrected chi connectivity index (χ3v) is 7.92. The van der Waals surface area contributed by atoms with Gasteiger partial charge in [-0.05, 0) is 70.0 Å². The van der Waals surface area contributed by atoms with E-state index in [1.165, 1.54) is 37.2 Å². The largest absolute Gasteiger partial charge is 0.419 e. The SMILES string of the molecule is Cc1[nH]c(/C=C2\C(=O)Nc3ccc(Br)cc32)c(C(F)(F)F)c1C(=O)N1CCC(N2CCCCC2)CC1. The minimum atomic E-state index is -4.77. The minimum absolute atomic E-state index is 0.111. The van der Waals surface area contributed by atoms with Crippen molar-refractivity contribution in [2.24, 2.45) is 0 Å². The highest BCUT2D eigenvalue weighted by Crippen LogP contribution is 2.41. The van der Waals surface area contributed by atoms with Crippen LogP contribution >= 0.6 is 15.9 Å². The number of H-pyrrole nitrogens is 1. The summed E-state index contributed by atoms with van der Waals surface area (Å²) in [5.41, 5.74) is -0.388. The number of nitrogens with zero attached hydrogens (tertiary/aromatic N) is 2. The Bertz CT molecular complexity index is 1220. The van der Waals surface area contributed by atoms with Gasteiger partial charge in [0.25, 0.3) is 11.8 Å². The van der Waals surface area contributed by atoms with Crippen LogP contribution in [0.1, 0.15) is 65.0 Å². The molecule has 192 valence electrons. The number of halogens is 4. The van der Waals surface area contributed by atoms with E-state index in [1.54, 1.807) is 18.2 Å². The van der Waals surface area contributed by atoms with Crippen molar-refractivity contribution in [3.05, 3.63) is 50.8 Å². The molecule has 0 spiro atoms. The molecule has 3 aliphatic heterocycles. The zero-order valence-electron chi connectivity index (χ0n) is 20.0. The van der Waals surface area contributed by atoms with Crippen LogP contribution < -0.4 is 5.32 Å². The van der Waals surface area contributed by atoms with Crippen LogP contribution in [-0.4, -0.2) is 58.8 Å². The Labute approximate surface area is 216 Å². The maximum atomic E-state index is 14.4. The van der Waals surface area contributed by atoms with Crippen molar-refractivity contribution in [3.8, 4) is 0 Å². The summed E-state index contributed by atoms with van der Waals surface area (Å²) in [5, 5.41) is 2.68. The second-order valence-corrected chi connectivity index (χ2v) is 10.6. The fourth-order valence-corrected chi connectivity index (χ4v) is 6.00. The van der Waals surface area contributed by atoms with Gasteiger partial charge in [0.2, 0.25) is 0 Å². The minimum Gasteiger partial charge on any atom is -0.358 e. The van der Waals surface area contributed by atoms with Gasteiger partial charge in [-0.1, -0.05) is 22.4 Å². The van der Waals surface area contributed by atoms with Crippen LogP contribution in [0.15, 0.2) is 22.7 Å². The molecule has 2 aromatic rings. The van der Waals surface area contributed by atoms with Gasteiger partial charge >= 0.3 is 6.18 Å². The lowest BCUT2D eigenvalue weighted by atomic mass is 9.98. The standard InChI is InChI=1S/C26H28BrF3N4O2/c1-15-22(25(36)34-11-7-17(8-12-34)33-9-3-2-4-10-33)23(26(28,29)30)21(31-15)14-19-18-13-16(27)5-6-20(18)32-24(19)35/h5-6,13-14,17,31H,2-4,7-12H2,1H3,(H,32,35)/b19-14-. The number of hydrogen-bond acceptors (Lipinski definition) is 3. The number of likely N-dealkylation sites (tertiary alicyclic amines) is 2. The first kappa shape index (κ1) is 25.1. The molecule has 5 rings (SSSR count). The Morgan fingerprint density at radius 1 is 1.11 bits per heavy atom. The predicted octanol–water partition coefficient (Wildman–Crippen LogP) is 5.69. The van der Waals surface area contributed by atoms with Crippen LogP contribution in [0, 0.1) is 6.92 Å². The summed E-state index contributed by atoms with van der Waals surface area (Å²) in [5.74, 6) is -1.10. The number of aromatic nitrogens is 1. The van der Waals surface area contributed by atoms with Crippen LogP contribution in [0.25, 0.3) is 11.6 Å². The number of hydrogen-bond donors (Lipinski definition) is 2. The summed E-state index contributed by atoms with van der Waals surface area (Å²) >= 11 is 3.34. The predicted molar refractivity (Wildman–Crippen MR) is 136 cm³/mol. The van der Waals surface area contributed by atoms with Crippen molar-refractivity contribution in [3.63, 3.8) is 0 Å². The molecule has 0 saturated carbocycles. The van der Waals surface area contributed by atoms with Gasteiger partial charge in [-0.3, -0.25) is 9.59 Å². The van der Waals surface area contributed by atoms with Gasteiger partial charge in [-0.25, -0.2) is 0 Å². The Balaban J connectivity index is 1.45. The van der Waals surface area contributed by atoms with Crippen LogP contribution in [0.2, 0.25) is 0 Å². The average molecular weight is 565 g/mol. The molecular weight excluding hydrogens is 537 g/mol. The summed E-state index contributed by atoms with van der Waals surface area (Å²) in [6, 6.07) is 5.49. The molecule has 6 nitrogen and oxygen atoms in total. The number of carbonyl (C=O) groups is 2. The van der Waals surface area contributed by atoms with Crippen molar-refractivity contribution in [2.75, 3.05) is 31.5 Å². The van der Waals surface area contributed by atoms with E-state index in [2.05, 4.69) is 31.1 Å². The summed E-state index contributed by atoms with van der Waals surface area (Å²) in [6.45, 7) is 4.45. The van der Waals surface area contributed by atoms with Gasteiger partial charge in [-0.15, -0.1) is 0 Å². The second kappa shape index (κ2) is 9.70. The Morgan fingerprint density at radius 3 is 2.47 bits per heavy atom. The van der Waals surface area contributed by atoms with E-state index in [1.807, 2.05) is 0 Å². The Kier molecular flexibility index (Phi) is 6.76. The molecule has 0 unspecified atom stereocenters. The molecule has 1 aromatic heterocycles. The van der Waals surface area contributed by atoms with E-state index in [0.29, 0.717) is 34.9 Å². The lowest BCUT2D eigenvalue weighted by molar-refractivity contribution is -0.138. The number of carbonyl (C=O) groups excluding carboxylic acids is 2. The number of aromatic amines is 1. The van der Waals surface area contributed by atoms with Crippen molar-refractivity contribution in [2.45, 2.75) is 51.2 Å². The number of amides is 2. The molecule has 0 bridgehead atoms. The van der Waals surface area contributed by atoms with Gasteiger partial charge in [0.1, 0.15) is 0 Å². The van der Waals surface area contributed by atoms with Gasteiger partial charge in [0.05, 0.1) is 22.4 Å². The number of nitrogens with one attached hydrogen (secondary N) is 2. The number of rotatable bonds is 3. The molecule has 10 heteroatoms. The lowest BCUT2D eigenvalue weighted by Crippen LogP contribution is -2.48. The maximum Gasteiger partial charge on any atom is 0.419 e. The normalized spacial score (nSPS) is 20.6. The smallest absolute Gasteiger partial charge is 0.358 e. The van der Waals surface area contributed by atoms with Crippen LogP contribution in [0.4, 0.5) is 18.9 Å². The summed E-state index contributed by atoms with van der Waals surface area (Å²) in [4.78, 5) is 32.7. The molecule has 36 heavy (non-hydrogen) atoms. The van der Waals surface area contributed by atoms with E-state index < -0.39 is 23.6 Å². The quantitative estimate of drug-likeness (QED) is 0.471. The van der Waals surface area contributed by atoms with E-state index in [0.717, 1.165) is 25.9 Å². The Morgan fingerprint density at radius 2 is 1.81 bits per heavy atom. The summed E-state index contributed by atoms with van der Waals surface area (Å²) < 4.78 is 43.8. The van der Waals surface area contributed by atoms with E-state index in [-0.39, 0.29) is 22.5 Å². The molecule has 1 aromatic carbocycles. The molecule has 2 fully saturated rings. The van der Waals surface area contributed by atoms with Crippen LogP contribution in [0.3, 0.4) is 0 Å². The molecule has 0 radical (unpaired) electrons. The highest BCUT2D eigenvalue weighted by atomic mass is 79.9. The number of aryl methyl sites for hydroxylation is 1. The lowest BCUT2D eigenvalue weighted by Gasteiger charge is -2.40. The monoisotopic (exact) mass is 564 g/mol. The fourth-order valence-electron chi connectivity index (χ4n) is 5.64. The Hall–Kier alpha value is -2.59. The first-order valence-electron chi connectivity index (χ1n) is 12.3. The van der Waals surface area contributed by atoms with Crippen LogP contribution in [-0.2, 0) is 11.0 Å². The molecule has 0 atom stereocenters. The molecule has 4 heterocycles. The van der Waals surface area contributed by atoms with Gasteiger partial charge < -0.3 is 20.1 Å².